The summed E-state index contributed by atoms with van der Waals surface area (Å²) in [5, 5.41) is 2.77. The average molecular weight is 417 g/mol. The van der Waals surface area contributed by atoms with Crippen LogP contribution in [0.15, 0.2) is 53.4 Å². The molecule has 1 aliphatic rings. The third-order valence-corrected chi connectivity index (χ3v) is 5.85. The number of carbonyl (C=O) groups excluding carboxylic acids is 2. The molecule has 2 aromatic rings. The van der Waals surface area contributed by atoms with Crippen LogP contribution in [-0.4, -0.2) is 45.0 Å². The molecule has 29 heavy (non-hydrogen) atoms. The zero-order chi connectivity index (χ0) is 20.9. The summed E-state index contributed by atoms with van der Waals surface area (Å²) >= 11 is 0. The van der Waals surface area contributed by atoms with Gasteiger partial charge in [0.1, 0.15) is 0 Å². The number of carbonyl (C=O) groups is 2. The fourth-order valence-electron chi connectivity index (χ4n) is 2.94. The van der Waals surface area contributed by atoms with Crippen LogP contribution in [0, 0.1) is 0 Å². The number of likely N-dealkylation sites (tertiary alicyclic amines) is 1. The Labute approximate surface area is 169 Å². The molecule has 0 saturated carbocycles. The van der Waals surface area contributed by atoms with E-state index in [9.17, 15) is 18.0 Å². The summed E-state index contributed by atoms with van der Waals surface area (Å²) < 4.78 is 32.5. The number of esters is 1. The predicted octanol–water partition coefficient (Wildman–Crippen LogP) is 3.29. The first-order chi connectivity index (χ1) is 13.9. The maximum Gasteiger partial charge on any atom is 0.338 e. The van der Waals surface area contributed by atoms with E-state index in [1.807, 2.05) is 0 Å². The molecule has 2 N–H and O–H groups in total. The quantitative estimate of drug-likeness (QED) is 0.702. The monoisotopic (exact) mass is 417 g/mol. The molecule has 0 radical (unpaired) electrons. The number of hydrogen-bond donors (Lipinski definition) is 2. The van der Waals surface area contributed by atoms with Crippen molar-refractivity contribution in [2.45, 2.75) is 24.7 Å². The molecule has 8 nitrogen and oxygen atoms in total. The summed E-state index contributed by atoms with van der Waals surface area (Å²) in [5.74, 6) is -0.464. The van der Waals surface area contributed by atoms with Gasteiger partial charge in [-0.25, -0.2) is 18.0 Å². The Balaban J connectivity index is 1.64. The van der Waals surface area contributed by atoms with Gasteiger partial charge < -0.3 is 15.0 Å². The standard InChI is InChI=1S/C20H23N3O5S/c1-2-28-19(24)15-5-7-17(8-6-15)22-29(26,27)18-11-9-16(10-12-18)21-20(25)23-13-3-4-14-23/h5-12,22H,2-4,13-14H2,1H3,(H,21,25). The molecule has 0 unspecified atom stereocenters. The molecule has 0 bridgehead atoms. The van der Waals surface area contributed by atoms with Crippen LogP contribution in [0.4, 0.5) is 16.2 Å². The van der Waals surface area contributed by atoms with Crippen LogP contribution in [-0.2, 0) is 14.8 Å². The van der Waals surface area contributed by atoms with E-state index in [1.165, 1.54) is 36.4 Å². The highest BCUT2D eigenvalue weighted by Gasteiger charge is 2.19. The van der Waals surface area contributed by atoms with Gasteiger partial charge in [0.15, 0.2) is 0 Å². The van der Waals surface area contributed by atoms with Gasteiger partial charge in [0, 0.05) is 24.5 Å². The molecule has 2 amide bonds. The lowest BCUT2D eigenvalue weighted by Gasteiger charge is -2.16. The van der Waals surface area contributed by atoms with Crippen LogP contribution in [0.3, 0.4) is 0 Å². The van der Waals surface area contributed by atoms with Gasteiger partial charge in [-0.1, -0.05) is 0 Å². The number of nitrogens with zero attached hydrogens (tertiary/aromatic N) is 1. The molecule has 1 saturated heterocycles. The fraction of sp³-hybridized carbons (Fsp3) is 0.300. The molecule has 9 heteroatoms. The lowest BCUT2D eigenvalue weighted by atomic mass is 10.2. The smallest absolute Gasteiger partial charge is 0.338 e. The fourth-order valence-corrected chi connectivity index (χ4v) is 4.00. The molecule has 0 aromatic heterocycles. The summed E-state index contributed by atoms with van der Waals surface area (Å²) in [6, 6.07) is 11.7. The van der Waals surface area contributed by atoms with Gasteiger partial charge >= 0.3 is 12.0 Å². The van der Waals surface area contributed by atoms with Crippen molar-refractivity contribution in [2.75, 3.05) is 29.7 Å². The maximum atomic E-state index is 12.6. The highest BCUT2D eigenvalue weighted by atomic mass is 32.2. The first-order valence-electron chi connectivity index (χ1n) is 9.35. The van der Waals surface area contributed by atoms with Crippen LogP contribution in [0.5, 0.6) is 0 Å². The van der Waals surface area contributed by atoms with Crippen molar-refractivity contribution in [3.63, 3.8) is 0 Å². The molecular formula is C20H23N3O5S. The van der Waals surface area contributed by atoms with E-state index >= 15 is 0 Å². The molecule has 2 aromatic carbocycles. The van der Waals surface area contributed by atoms with E-state index in [1.54, 1.807) is 24.0 Å². The van der Waals surface area contributed by atoms with Gasteiger partial charge in [-0.05, 0) is 68.3 Å². The molecule has 0 spiro atoms. The summed E-state index contributed by atoms with van der Waals surface area (Å²) in [4.78, 5) is 25.6. The maximum absolute atomic E-state index is 12.6. The van der Waals surface area contributed by atoms with Crippen LogP contribution in [0.2, 0.25) is 0 Å². The van der Waals surface area contributed by atoms with Gasteiger partial charge in [-0.15, -0.1) is 0 Å². The van der Waals surface area contributed by atoms with Crippen LogP contribution >= 0.6 is 0 Å². The summed E-state index contributed by atoms with van der Waals surface area (Å²) in [6.07, 6.45) is 1.99. The van der Waals surface area contributed by atoms with E-state index in [0.29, 0.717) is 16.9 Å². The SMILES string of the molecule is CCOC(=O)c1ccc(NS(=O)(=O)c2ccc(NC(=O)N3CCCC3)cc2)cc1. The van der Waals surface area contributed by atoms with Crippen molar-refractivity contribution < 1.29 is 22.7 Å². The molecule has 1 heterocycles. The molecule has 0 aliphatic carbocycles. The van der Waals surface area contributed by atoms with Crippen LogP contribution < -0.4 is 10.0 Å². The number of anilines is 2. The minimum absolute atomic E-state index is 0.0612. The number of nitrogens with one attached hydrogen (secondary N) is 2. The Kier molecular flexibility index (Phi) is 6.38. The van der Waals surface area contributed by atoms with Crippen molar-refractivity contribution >= 4 is 33.4 Å². The second kappa shape index (κ2) is 8.95. The Morgan fingerprint density at radius 2 is 1.55 bits per heavy atom. The molecule has 3 rings (SSSR count). The summed E-state index contributed by atoms with van der Waals surface area (Å²) in [5.41, 5.74) is 1.19. The van der Waals surface area contributed by atoms with E-state index in [2.05, 4.69) is 10.0 Å². The van der Waals surface area contributed by atoms with E-state index in [4.69, 9.17) is 4.74 Å². The molecular weight excluding hydrogens is 394 g/mol. The number of sulfonamides is 1. The van der Waals surface area contributed by atoms with E-state index in [-0.39, 0.29) is 17.5 Å². The lowest BCUT2D eigenvalue weighted by molar-refractivity contribution is 0.0526. The number of ether oxygens (including phenoxy) is 1. The normalized spacial score (nSPS) is 13.8. The third kappa shape index (κ3) is 5.26. The molecule has 0 atom stereocenters. The largest absolute Gasteiger partial charge is 0.462 e. The topological polar surface area (TPSA) is 105 Å². The van der Waals surface area contributed by atoms with Crippen molar-refractivity contribution in [2.24, 2.45) is 0 Å². The minimum Gasteiger partial charge on any atom is -0.462 e. The van der Waals surface area contributed by atoms with Gasteiger partial charge in [0.25, 0.3) is 10.0 Å². The zero-order valence-corrected chi connectivity index (χ0v) is 16.9. The Bertz CT molecular complexity index is 966. The first kappa shape index (κ1) is 20.7. The number of rotatable bonds is 6. The predicted molar refractivity (Wildman–Crippen MR) is 109 cm³/mol. The average Bonchev–Trinajstić information content (AvgIpc) is 3.24. The van der Waals surface area contributed by atoms with Crippen molar-refractivity contribution in [3.05, 3.63) is 54.1 Å². The van der Waals surface area contributed by atoms with E-state index in [0.717, 1.165) is 25.9 Å². The van der Waals surface area contributed by atoms with Crippen molar-refractivity contribution in [1.82, 2.24) is 4.90 Å². The van der Waals surface area contributed by atoms with Gasteiger partial charge in [-0.3, -0.25) is 4.72 Å². The zero-order valence-electron chi connectivity index (χ0n) is 16.1. The highest BCUT2D eigenvalue weighted by Crippen LogP contribution is 2.20. The second-order valence-electron chi connectivity index (χ2n) is 6.55. The minimum atomic E-state index is -3.81. The van der Waals surface area contributed by atoms with Gasteiger partial charge in [-0.2, -0.15) is 0 Å². The number of amides is 2. The number of hydrogen-bond acceptors (Lipinski definition) is 5. The first-order valence-corrected chi connectivity index (χ1v) is 10.8. The number of urea groups is 1. The number of benzene rings is 2. The second-order valence-corrected chi connectivity index (χ2v) is 8.23. The van der Waals surface area contributed by atoms with Crippen molar-refractivity contribution in [3.8, 4) is 0 Å². The Hall–Kier alpha value is -3.07. The Morgan fingerprint density at radius 1 is 0.966 bits per heavy atom. The van der Waals surface area contributed by atoms with Crippen molar-refractivity contribution in [1.29, 1.82) is 0 Å². The molecule has 154 valence electrons. The summed E-state index contributed by atoms with van der Waals surface area (Å²) in [7, 11) is -3.81. The molecule has 1 fully saturated rings. The highest BCUT2D eigenvalue weighted by molar-refractivity contribution is 7.92. The molecule has 1 aliphatic heterocycles. The third-order valence-electron chi connectivity index (χ3n) is 4.46. The van der Waals surface area contributed by atoms with Gasteiger partial charge in [0.2, 0.25) is 0 Å². The van der Waals surface area contributed by atoms with Crippen LogP contribution in [0.25, 0.3) is 0 Å². The lowest BCUT2D eigenvalue weighted by Crippen LogP contribution is -2.32. The summed E-state index contributed by atoms with van der Waals surface area (Å²) in [6.45, 7) is 3.44. The van der Waals surface area contributed by atoms with Gasteiger partial charge in [0.05, 0.1) is 17.1 Å². The van der Waals surface area contributed by atoms with Crippen LogP contribution in [0.1, 0.15) is 30.1 Å². The Morgan fingerprint density at radius 3 is 2.14 bits per heavy atom. The van der Waals surface area contributed by atoms with E-state index < -0.39 is 16.0 Å².